The van der Waals surface area contributed by atoms with Crippen molar-refractivity contribution in [3.05, 3.63) is 64.4 Å². The zero-order valence-corrected chi connectivity index (χ0v) is 11.0. The van der Waals surface area contributed by atoms with E-state index in [2.05, 4.69) is 17.3 Å². The lowest BCUT2D eigenvalue weighted by Gasteiger charge is -2.19. The Balaban J connectivity index is 2.45. The maximum atomic E-state index is 6.03. The Bertz CT molecular complexity index is 528. The molecule has 94 valence electrons. The van der Waals surface area contributed by atoms with E-state index >= 15 is 0 Å². The Hall–Kier alpha value is -1.42. The van der Waals surface area contributed by atoms with Crippen molar-refractivity contribution in [3.8, 4) is 0 Å². The van der Waals surface area contributed by atoms with E-state index in [1.807, 2.05) is 36.5 Å². The van der Waals surface area contributed by atoms with Crippen LogP contribution in [0.3, 0.4) is 0 Å². The lowest BCUT2D eigenvalue weighted by atomic mass is 9.95. The zero-order chi connectivity index (χ0) is 13.0. The van der Waals surface area contributed by atoms with Crippen molar-refractivity contribution in [1.82, 2.24) is 10.4 Å². The van der Waals surface area contributed by atoms with Crippen molar-refractivity contribution in [1.29, 1.82) is 0 Å². The smallest absolute Gasteiger partial charge is 0.0714 e. The minimum atomic E-state index is -0.0679. The van der Waals surface area contributed by atoms with Crippen LogP contribution in [0.15, 0.2) is 42.7 Å². The van der Waals surface area contributed by atoms with Gasteiger partial charge in [0.2, 0.25) is 0 Å². The number of pyridine rings is 1. The summed E-state index contributed by atoms with van der Waals surface area (Å²) < 4.78 is 0. The molecule has 1 unspecified atom stereocenters. The maximum absolute atomic E-state index is 6.03. The fourth-order valence-electron chi connectivity index (χ4n) is 2.07. The fraction of sp³-hybridized carbons (Fsp3) is 0.214. The van der Waals surface area contributed by atoms with Crippen LogP contribution >= 0.6 is 11.6 Å². The summed E-state index contributed by atoms with van der Waals surface area (Å²) in [5, 5.41) is 0.708. The highest BCUT2D eigenvalue weighted by molar-refractivity contribution is 6.30. The quantitative estimate of drug-likeness (QED) is 0.657. The molecular formula is C14H16ClN3. The summed E-state index contributed by atoms with van der Waals surface area (Å²) in [6.07, 6.45) is 4.58. The second kappa shape index (κ2) is 5.96. The van der Waals surface area contributed by atoms with Crippen molar-refractivity contribution in [2.75, 3.05) is 0 Å². The molecule has 0 saturated carbocycles. The number of nitrogens with two attached hydrogens (primary N) is 1. The van der Waals surface area contributed by atoms with Crippen LogP contribution in [0.25, 0.3) is 0 Å². The summed E-state index contributed by atoms with van der Waals surface area (Å²) in [7, 11) is 0. The van der Waals surface area contributed by atoms with Gasteiger partial charge in [-0.2, -0.15) is 0 Å². The van der Waals surface area contributed by atoms with Gasteiger partial charge >= 0.3 is 0 Å². The third kappa shape index (κ3) is 2.70. The molecule has 0 aliphatic carbocycles. The molecule has 0 amide bonds. The van der Waals surface area contributed by atoms with Crippen LogP contribution in [0.4, 0.5) is 0 Å². The molecule has 2 aromatic rings. The van der Waals surface area contributed by atoms with Crippen LogP contribution in [-0.2, 0) is 6.42 Å². The van der Waals surface area contributed by atoms with Crippen molar-refractivity contribution in [2.45, 2.75) is 19.4 Å². The molecule has 0 spiro atoms. The average molecular weight is 262 g/mol. The molecule has 0 radical (unpaired) electrons. The molecule has 0 aliphatic heterocycles. The molecular weight excluding hydrogens is 246 g/mol. The second-order valence-electron chi connectivity index (χ2n) is 4.08. The highest BCUT2D eigenvalue weighted by Crippen LogP contribution is 2.26. The van der Waals surface area contributed by atoms with Crippen LogP contribution in [0.1, 0.15) is 29.7 Å². The van der Waals surface area contributed by atoms with Crippen LogP contribution in [0, 0.1) is 0 Å². The van der Waals surface area contributed by atoms with Crippen molar-refractivity contribution >= 4 is 11.6 Å². The van der Waals surface area contributed by atoms with E-state index in [4.69, 9.17) is 17.4 Å². The summed E-state index contributed by atoms with van der Waals surface area (Å²) in [4.78, 5) is 4.15. The van der Waals surface area contributed by atoms with Gasteiger partial charge in [-0.25, -0.2) is 5.43 Å². The lowest BCUT2D eigenvalue weighted by Crippen LogP contribution is -2.29. The number of rotatable bonds is 4. The number of halogens is 1. The molecule has 1 atom stereocenters. The first-order chi connectivity index (χ1) is 8.76. The van der Waals surface area contributed by atoms with E-state index in [1.165, 1.54) is 5.56 Å². The summed E-state index contributed by atoms with van der Waals surface area (Å²) in [5.74, 6) is 5.70. The molecule has 3 N–H and O–H groups in total. The lowest BCUT2D eigenvalue weighted by molar-refractivity contribution is 0.630. The Morgan fingerprint density at radius 3 is 2.89 bits per heavy atom. The van der Waals surface area contributed by atoms with Crippen LogP contribution < -0.4 is 11.3 Å². The first kappa shape index (κ1) is 13.0. The molecule has 2 rings (SSSR count). The molecule has 0 bridgehead atoms. The molecule has 1 aromatic carbocycles. The average Bonchev–Trinajstić information content (AvgIpc) is 2.40. The first-order valence-electron chi connectivity index (χ1n) is 5.90. The van der Waals surface area contributed by atoms with E-state index in [1.54, 1.807) is 6.20 Å². The number of benzene rings is 1. The summed E-state index contributed by atoms with van der Waals surface area (Å²) in [6.45, 7) is 2.10. The Labute approximate surface area is 112 Å². The monoisotopic (exact) mass is 261 g/mol. The van der Waals surface area contributed by atoms with Crippen molar-refractivity contribution in [2.24, 2.45) is 5.84 Å². The van der Waals surface area contributed by atoms with Gasteiger partial charge in [-0.15, -0.1) is 0 Å². The first-order valence-corrected chi connectivity index (χ1v) is 6.28. The van der Waals surface area contributed by atoms with Gasteiger partial charge < -0.3 is 0 Å². The molecule has 0 fully saturated rings. The third-order valence-electron chi connectivity index (χ3n) is 2.98. The van der Waals surface area contributed by atoms with Gasteiger partial charge in [-0.05, 0) is 41.3 Å². The van der Waals surface area contributed by atoms with Crippen LogP contribution in [0.5, 0.6) is 0 Å². The van der Waals surface area contributed by atoms with Gasteiger partial charge in [0.25, 0.3) is 0 Å². The highest BCUT2D eigenvalue weighted by atomic mass is 35.5. The van der Waals surface area contributed by atoms with Gasteiger partial charge in [-0.3, -0.25) is 10.8 Å². The van der Waals surface area contributed by atoms with Gasteiger partial charge in [0.1, 0.15) is 0 Å². The van der Waals surface area contributed by atoms with E-state index < -0.39 is 0 Å². The molecule has 18 heavy (non-hydrogen) atoms. The fourth-order valence-corrected chi connectivity index (χ4v) is 2.27. The minimum Gasteiger partial charge on any atom is -0.271 e. The van der Waals surface area contributed by atoms with Crippen LogP contribution in [-0.4, -0.2) is 4.98 Å². The topological polar surface area (TPSA) is 50.9 Å². The molecule has 3 nitrogen and oxygen atoms in total. The largest absolute Gasteiger partial charge is 0.271 e. The van der Waals surface area contributed by atoms with Gasteiger partial charge in [0.05, 0.1) is 6.04 Å². The molecule has 1 aromatic heterocycles. The Morgan fingerprint density at radius 2 is 2.22 bits per heavy atom. The molecule has 0 saturated heterocycles. The summed E-state index contributed by atoms with van der Waals surface area (Å²) in [6, 6.07) is 9.63. The number of aromatic nitrogens is 1. The van der Waals surface area contributed by atoms with E-state index in [0.717, 1.165) is 17.5 Å². The molecule has 1 heterocycles. The number of hydrazine groups is 1. The molecule has 4 heteroatoms. The number of nitrogens with one attached hydrogen (secondary N) is 1. The van der Waals surface area contributed by atoms with Gasteiger partial charge in [-0.1, -0.05) is 30.7 Å². The standard InChI is InChI=1S/C14H16ClN3/c1-2-10-9-17-7-6-13(10)14(18-16)11-4-3-5-12(15)8-11/h3-9,14,18H,2,16H2,1H3. The van der Waals surface area contributed by atoms with Crippen LogP contribution in [0.2, 0.25) is 5.02 Å². The third-order valence-corrected chi connectivity index (χ3v) is 3.22. The predicted octanol–water partition coefficient (Wildman–Crippen LogP) is 2.85. The summed E-state index contributed by atoms with van der Waals surface area (Å²) >= 11 is 6.03. The van der Waals surface area contributed by atoms with Gasteiger partial charge in [0, 0.05) is 17.4 Å². The number of hydrogen-bond donors (Lipinski definition) is 2. The number of aryl methyl sites for hydroxylation is 1. The maximum Gasteiger partial charge on any atom is 0.0714 e. The normalized spacial score (nSPS) is 12.4. The summed E-state index contributed by atoms with van der Waals surface area (Å²) in [5.41, 5.74) is 6.21. The number of hydrogen-bond acceptors (Lipinski definition) is 3. The second-order valence-corrected chi connectivity index (χ2v) is 4.52. The van der Waals surface area contributed by atoms with E-state index in [-0.39, 0.29) is 6.04 Å². The van der Waals surface area contributed by atoms with Gasteiger partial charge in [0.15, 0.2) is 0 Å². The van der Waals surface area contributed by atoms with Crippen molar-refractivity contribution < 1.29 is 0 Å². The van der Waals surface area contributed by atoms with Crippen molar-refractivity contribution in [3.63, 3.8) is 0 Å². The number of nitrogens with zero attached hydrogens (tertiary/aromatic N) is 1. The Kier molecular flexibility index (Phi) is 4.31. The Morgan fingerprint density at radius 1 is 1.39 bits per heavy atom. The zero-order valence-electron chi connectivity index (χ0n) is 10.2. The van der Waals surface area contributed by atoms with E-state index in [9.17, 15) is 0 Å². The molecule has 0 aliphatic rings. The predicted molar refractivity (Wildman–Crippen MR) is 74.2 cm³/mol. The minimum absolute atomic E-state index is 0.0679. The highest BCUT2D eigenvalue weighted by Gasteiger charge is 2.15. The van der Waals surface area contributed by atoms with E-state index in [0.29, 0.717) is 5.02 Å². The SMILES string of the molecule is CCc1cnccc1C(NN)c1cccc(Cl)c1.